The summed E-state index contributed by atoms with van der Waals surface area (Å²) >= 11 is 0. The molecule has 0 aromatic heterocycles. The second-order valence-corrected chi connectivity index (χ2v) is 6.89. The van der Waals surface area contributed by atoms with Crippen molar-refractivity contribution in [1.82, 2.24) is 4.90 Å². The summed E-state index contributed by atoms with van der Waals surface area (Å²) in [4.78, 5) is 13.8. The van der Waals surface area contributed by atoms with Gasteiger partial charge in [-0.2, -0.15) is 0 Å². The predicted molar refractivity (Wildman–Crippen MR) is 116 cm³/mol. The Hall–Kier alpha value is -3.44. The van der Waals surface area contributed by atoms with Crippen molar-refractivity contribution in [2.45, 2.75) is 0 Å². The average Bonchev–Trinajstić information content (AvgIpc) is 2.73. The van der Waals surface area contributed by atoms with Gasteiger partial charge in [0.15, 0.2) is 0 Å². The predicted octanol–water partition coefficient (Wildman–Crippen LogP) is 4.82. The van der Waals surface area contributed by atoms with Crippen LogP contribution in [0, 0.1) is 10.1 Å². The molecule has 0 amide bonds. The van der Waals surface area contributed by atoms with Crippen molar-refractivity contribution in [3.05, 3.63) is 112 Å². The van der Waals surface area contributed by atoms with Crippen molar-refractivity contribution in [2.24, 2.45) is 0 Å². The molecule has 0 atom stereocenters. The molecule has 5 nitrogen and oxygen atoms in total. The summed E-state index contributed by atoms with van der Waals surface area (Å²) in [6.07, 6.45) is 0. The van der Waals surface area contributed by atoms with E-state index < -0.39 is 0 Å². The van der Waals surface area contributed by atoms with E-state index in [0.29, 0.717) is 17.7 Å². The molecule has 0 bridgehead atoms. The van der Waals surface area contributed by atoms with Gasteiger partial charge in [0, 0.05) is 6.54 Å². The lowest BCUT2D eigenvalue weighted by Crippen LogP contribution is -2.19. The van der Waals surface area contributed by atoms with Gasteiger partial charge in [-0.05, 0) is 49.5 Å². The monoisotopic (exact) mass is 388 g/mol. The summed E-state index contributed by atoms with van der Waals surface area (Å²) in [5.74, 6) is 0.741. The molecule has 29 heavy (non-hydrogen) atoms. The van der Waals surface area contributed by atoms with Crippen LogP contribution < -0.4 is 4.74 Å². The molecule has 0 aliphatic rings. The zero-order chi connectivity index (χ0) is 20.6. The molecule has 3 rings (SSSR count). The van der Waals surface area contributed by atoms with Gasteiger partial charge in [-0.3, -0.25) is 10.1 Å². The first kappa shape index (κ1) is 20.3. The maximum Gasteiger partial charge on any atom is 0.284 e. The minimum atomic E-state index is -0.306. The van der Waals surface area contributed by atoms with E-state index in [1.807, 2.05) is 91.8 Å². The molecule has 0 fully saturated rings. The minimum absolute atomic E-state index is 0.0816. The van der Waals surface area contributed by atoms with Crippen molar-refractivity contribution < 1.29 is 9.66 Å². The van der Waals surface area contributed by atoms with E-state index in [1.165, 1.54) is 0 Å². The van der Waals surface area contributed by atoms with Crippen LogP contribution in [-0.4, -0.2) is 37.1 Å². The van der Waals surface area contributed by atoms with Gasteiger partial charge >= 0.3 is 0 Å². The smallest absolute Gasteiger partial charge is 0.284 e. The van der Waals surface area contributed by atoms with E-state index in [2.05, 4.69) is 0 Å². The Morgan fingerprint density at radius 2 is 1.34 bits per heavy atom. The number of likely N-dealkylation sites (N-methyl/N-ethyl adjacent to an activating group) is 1. The van der Waals surface area contributed by atoms with Crippen molar-refractivity contribution in [3.8, 4) is 5.75 Å². The molecule has 0 heterocycles. The van der Waals surface area contributed by atoms with Crippen LogP contribution in [0.1, 0.15) is 16.7 Å². The molecule has 3 aromatic carbocycles. The molecule has 3 aromatic rings. The van der Waals surface area contributed by atoms with Gasteiger partial charge in [0.1, 0.15) is 12.4 Å². The summed E-state index contributed by atoms with van der Waals surface area (Å²) in [6, 6.07) is 25.9. The number of hydrogen-bond donors (Lipinski definition) is 0. The van der Waals surface area contributed by atoms with Crippen LogP contribution in [0.15, 0.2) is 84.9 Å². The first-order chi connectivity index (χ1) is 14.1. The van der Waals surface area contributed by atoms with Crippen LogP contribution >= 0.6 is 0 Å². The van der Waals surface area contributed by atoms with Crippen LogP contribution in [0.3, 0.4) is 0 Å². The number of ether oxygens (including phenoxy) is 1. The Kier molecular flexibility index (Phi) is 6.76. The first-order valence-corrected chi connectivity index (χ1v) is 9.43. The summed E-state index contributed by atoms with van der Waals surface area (Å²) < 4.78 is 5.76. The number of benzene rings is 3. The van der Waals surface area contributed by atoms with Crippen molar-refractivity contribution in [3.63, 3.8) is 0 Å². The topological polar surface area (TPSA) is 55.6 Å². The molecule has 0 saturated heterocycles. The van der Waals surface area contributed by atoms with Crippen molar-refractivity contribution >= 4 is 11.3 Å². The average molecular weight is 388 g/mol. The Labute approximate surface area is 171 Å². The highest BCUT2D eigenvalue weighted by molar-refractivity contribution is 5.95. The summed E-state index contributed by atoms with van der Waals surface area (Å²) in [5, 5.41) is 12.1. The van der Waals surface area contributed by atoms with E-state index in [4.69, 9.17) is 4.74 Å². The fourth-order valence-electron chi connectivity index (χ4n) is 3.05. The fourth-order valence-corrected chi connectivity index (χ4v) is 3.05. The Bertz CT molecular complexity index is 966. The number of nitro groups is 1. The lowest BCUT2D eigenvalue weighted by molar-refractivity contribution is -0.374. The molecule has 0 aliphatic carbocycles. The van der Waals surface area contributed by atoms with E-state index in [1.54, 1.807) is 12.1 Å². The molecule has 0 spiro atoms. The first-order valence-electron chi connectivity index (χ1n) is 9.43. The van der Waals surface area contributed by atoms with E-state index >= 15 is 0 Å². The van der Waals surface area contributed by atoms with Crippen LogP contribution in [-0.2, 0) is 0 Å². The lowest BCUT2D eigenvalue weighted by atomic mass is 9.93. The second-order valence-electron chi connectivity index (χ2n) is 6.89. The molecule has 0 radical (unpaired) electrons. The molecular weight excluding hydrogens is 364 g/mol. The third kappa shape index (κ3) is 5.30. The molecule has 5 heteroatoms. The van der Waals surface area contributed by atoms with Gasteiger partial charge in [-0.15, -0.1) is 0 Å². The second kappa shape index (κ2) is 9.66. The van der Waals surface area contributed by atoms with Crippen LogP contribution in [0.4, 0.5) is 0 Å². The van der Waals surface area contributed by atoms with Gasteiger partial charge in [-0.25, -0.2) is 0 Å². The largest absolute Gasteiger partial charge is 0.492 e. The van der Waals surface area contributed by atoms with Crippen LogP contribution in [0.5, 0.6) is 5.75 Å². The van der Waals surface area contributed by atoms with E-state index in [-0.39, 0.29) is 10.6 Å². The fraction of sp³-hybridized carbons (Fsp3) is 0.167. The van der Waals surface area contributed by atoms with Gasteiger partial charge in [0.25, 0.3) is 5.70 Å². The SMILES string of the molecule is CN(C)CCOc1ccc(/C(=C(/c2ccccc2)[N+](=O)[O-])c2ccccc2)cc1. The minimum Gasteiger partial charge on any atom is -0.492 e. The third-order valence-corrected chi connectivity index (χ3v) is 4.48. The zero-order valence-electron chi connectivity index (χ0n) is 16.6. The quantitative estimate of drug-likeness (QED) is 0.315. The zero-order valence-corrected chi connectivity index (χ0v) is 16.6. The summed E-state index contributed by atoms with van der Waals surface area (Å²) in [6.45, 7) is 1.40. The Balaban J connectivity index is 2.06. The van der Waals surface area contributed by atoms with Gasteiger partial charge in [-0.1, -0.05) is 60.7 Å². The van der Waals surface area contributed by atoms with Crippen molar-refractivity contribution in [1.29, 1.82) is 0 Å². The highest BCUT2D eigenvalue weighted by atomic mass is 16.6. The number of nitrogens with zero attached hydrogens (tertiary/aromatic N) is 2. The van der Waals surface area contributed by atoms with Gasteiger partial charge in [0.05, 0.1) is 16.1 Å². The van der Waals surface area contributed by atoms with Crippen LogP contribution in [0.25, 0.3) is 11.3 Å². The molecule has 0 N–H and O–H groups in total. The standard InChI is InChI=1S/C24H24N2O3/c1-25(2)17-18-29-22-15-13-20(14-16-22)23(19-9-5-3-6-10-19)24(26(27)28)21-11-7-4-8-12-21/h3-16H,17-18H2,1-2H3/b24-23-. The summed E-state index contributed by atoms with van der Waals surface area (Å²) in [7, 11) is 3.98. The van der Waals surface area contributed by atoms with Crippen molar-refractivity contribution in [2.75, 3.05) is 27.2 Å². The molecule has 148 valence electrons. The molecular formula is C24H24N2O3. The number of hydrogen-bond acceptors (Lipinski definition) is 4. The van der Waals surface area contributed by atoms with Gasteiger partial charge in [0.2, 0.25) is 0 Å². The van der Waals surface area contributed by atoms with E-state index in [0.717, 1.165) is 23.4 Å². The maximum atomic E-state index is 12.1. The normalized spacial score (nSPS) is 11.8. The molecule has 0 aliphatic heterocycles. The highest BCUT2D eigenvalue weighted by Gasteiger charge is 2.23. The van der Waals surface area contributed by atoms with Crippen LogP contribution in [0.2, 0.25) is 0 Å². The summed E-state index contributed by atoms with van der Waals surface area (Å²) in [5.41, 5.74) is 2.80. The Morgan fingerprint density at radius 1 is 0.828 bits per heavy atom. The Morgan fingerprint density at radius 3 is 1.86 bits per heavy atom. The highest BCUT2D eigenvalue weighted by Crippen LogP contribution is 2.33. The third-order valence-electron chi connectivity index (χ3n) is 4.48. The number of rotatable bonds is 8. The maximum absolute atomic E-state index is 12.1. The van der Waals surface area contributed by atoms with E-state index in [9.17, 15) is 10.1 Å². The molecule has 0 saturated carbocycles. The lowest BCUT2D eigenvalue weighted by Gasteiger charge is -2.13. The molecule has 0 unspecified atom stereocenters. The van der Waals surface area contributed by atoms with Gasteiger partial charge < -0.3 is 9.64 Å².